The highest BCUT2D eigenvalue weighted by Crippen LogP contribution is 2.34. The summed E-state index contributed by atoms with van der Waals surface area (Å²) < 4.78 is 15.6. The van der Waals surface area contributed by atoms with Crippen LogP contribution in [0.3, 0.4) is 0 Å². The number of halogens is 6. The molecule has 0 radical (unpaired) electrons. The quantitative estimate of drug-likeness (QED) is 0.255. The maximum Gasteiger partial charge on any atom is 0.344 e. The normalized spacial score (nSPS) is 10.5. The highest BCUT2D eigenvalue weighted by atomic mass is 35.5. The lowest BCUT2D eigenvalue weighted by Crippen LogP contribution is -2.18. The van der Waals surface area contributed by atoms with Crippen LogP contribution in [-0.2, 0) is 9.53 Å². The maximum absolute atomic E-state index is 11.7. The van der Waals surface area contributed by atoms with Crippen molar-refractivity contribution in [2.24, 2.45) is 0 Å². The molecule has 0 aliphatic carbocycles. The molecule has 0 spiro atoms. The Morgan fingerprint density at radius 2 is 1.12 bits per heavy atom. The number of ether oxygens (including phenoxy) is 3. The first-order chi connectivity index (χ1) is 12.3. The molecule has 10 heteroatoms. The van der Waals surface area contributed by atoms with E-state index < -0.39 is 5.97 Å². The molecule has 0 unspecified atom stereocenters. The molecule has 26 heavy (non-hydrogen) atoms. The molecular formula is C16H10Cl6O4. The zero-order valence-electron chi connectivity index (χ0n) is 12.8. The molecule has 0 aromatic heterocycles. The van der Waals surface area contributed by atoms with Crippen molar-refractivity contribution in [1.82, 2.24) is 0 Å². The van der Waals surface area contributed by atoms with Gasteiger partial charge in [0.15, 0.2) is 6.61 Å². The first-order valence-corrected chi connectivity index (χ1v) is 9.25. The van der Waals surface area contributed by atoms with Crippen molar-refractivity contribution in [3.63, 3.8) is 0 Å². The molecule has 0 bridgehead atoms. The standard InChI is InChI=1S/C16H10Cl6O4/c17-8-3-12(21)14(5-10(8)19)24-1-2-25-16(23)7-26-15-6-11(20)9(18)4-13(15)22/h3-6H,1-2,7H2. The summed E-state index contributed by atoms with van der Waals surface area (Å²) in [6, 6.07) is 5.76. The minimum atomic E-state index is -0.615. The minimum Gasteiger partial charge on any atom is -0.488 e. The second-order valence-electron chi connectivity index (χ2n) is 4.75. The SMILES string of the molecule is O=C(COc1cc(Cl)c(Cl)cc1Cl)OCCOc1cc(Cl)c(Cl)cc1Cl. The lowest BCUT2D eigenvalue weighted by molar-refractivity contribution is -0.146. The minimum absolute atomic E-state index is 0.0200. The summed E-state index contributed by atoms with van der Waals surface area (Å²) in [5.74, 6) is -0.0659. The van der Waals surface area contributed by atoms with Crippen molar-refractivity contribution in [2.45, 2.75) is 0 Å². The molecule has 0 heterocycles. The van der Waals surface area contributed by atoms with Gasteiger partial charge in [-0.25, -0.2) is 4.79 Å². The lowest BCUT2D eigenvalue weighted by atomic mass is 10.3. The summed E-state index contributed by atoms with van der Waals surface area (Å²) in [4.78, 5) is 11.7. The second-order valence-corrected chi connectivity index (χ2v) is 7.19. The first kappa shape index (κ1) is 21.5. The highest BCUT2D eigenvalue weighted by molar-refractivity contribution is 6.44. The Bertz CT molecular complexity index is 812. The Labute approximate surface area is 179 Å². The fourth-order valence-corrected chi connectivity index (χ4v) is 2.90. The molecule has 2 aromatic rings. The smallest absolute Gasteiger partial charge is 0.344 e. The van der Waals surface area contributed by atoms with Gasteiger partial charge in [-0.1, -0.05) is 69.6 Å². The van der Waals surface area contributed by atoms with E-state index in [-0.39, 0.29) is 40.6 Å². The summed E-state index contributed by atoms with van der Waals surface area (Å²) in [5, 5.41) is 1.67. The van der Waals surface area contributed by atoms with Gasteiger partial charge in [0.1, 0.15) is 24.7 Å². The summed E-state index contributed by atoms with van der Waals surface area (Å²) in [7, 11) is 0. The Kier molecular flexibility index (Phi) is 8.27. The van der Waals surface area contributed by atoms with E-state index in [0.29, 0.717) is 20.8 Å². The van der Waals surface area contributed by atoms with Crippen LogP contribution in [-0.4, -0.2) is 25.8 Å². The van der Waals surface area contributed by atoms with Crippen molar-refractivity contribution in [3.05, 3.63) is 54.4 Å². The molecule has 0 saturated heterocycles. The van der Waals surface area contributed by atoms with Crippen molar-refractivity contribution in [1.29, 1.82) is 0 Å². The molecule has 2 aromatic carbocycles. The van der Waals surface area contributed by atoms with E-state index in [9.17, 15) is 4.79 Å². The van der Waals surface area contributed by atoms with Crippen LogP contribution in [0, 0.1) is 0 Å². The fraction of sp³-hybridized carbons (Fsp3) is 0.188. The van der Waals surface area contributed by atoms with Crippen molar-refractivity contribution in [3.8, 4) is 11.5 Å². The molecule has 0 N–H and O–H groups in total. The number of hydrogen-bond acceptors (Lipinski definition) is 4. The van der Waals surface area contributed by atoms with Gasteiger partial charge in [0.25, 0.3) is 0 Å². The number of hydrogen-bond donors (Lipinski definition) is 0. The van der Waals surface area contributed by atoms with Gasteiger partial charge in [0.05, 0.1) is 30.1 Å². The summed E-state index contributed by atoms with van der Waals surface area (Å²) in [5.41, 5.74) is 0. The van der Waals surface area contributed by atoms with E-state index in [0.717, 1.165) is 0 Å². The Morgan fingerprint density at radius 1 is 0.654 bits per heavy atom. The Balaban J connectivity index is 1.76. The third-order valence-electron chi connectivity index (χ3n) is 2.90. The molecular weight excluding hydrogens is 469 g/mol. The number of benzene rings is 2. The van der Waals surface area contributed by atoms with Crippen LogP contribution >= 0.6 is 69.6 Å². The predicted molar refractivity (Wildman–Crippen MR) is 105 cm³/mol. The van der Waals surface area contributed by atoms with Crippen LogP contribution in [0.1, 0.15) is 0 Å². The van der Waals surface area contributed by atoms with Gasteiger partial charge in [-0.05, 0) is 12.1 Å². The number of esters is 1. The van der Waals surface area contributed by atoms with Crippen LogP contribution in [0.15, 0.2) is 24.3 Å². The molecule has 0 amide bonds. The van der Waals surface area contributed by atoms with E-state index in [2.05, 4.69) is 0 Å². The van der Waals surface area contributed by atoms with Crippen LogP contribution in [0.25, 0.3) is 0 Å². The highest BCUT2D eigenvalue weighted by Gasteiger charge is 2.11. The fourth-order valence-electron chi connectivity index (χ4n) is 1.72. The second kappa shape index (κ2) is 9.98. The largest absolute Gasteiger partial charge is 0.488 e. The average molecular weight is 479 g/mol. The summed E-state index contributed by atoms with van der Waals surface area (Å²) >= 11 is 35.3. The zero-order chi connectivity index (χ0) is 19.3. The van der Waals surface area contributed by atoms with Crippen LogP contribution in [0.2, 0.25) is 30.1 Å². The first-order valence-electron chi connectivity index (χ1n) is 6.98. The molecule has 0 saturated carbocycles. The third kappa shape index (κ3) is 6.15. The summed E-state index contributed by atoms with van der Waals surface area (Å²) in [6.45, 7) is -0.309. The van der Waals surface area contributed by atoms with Gasteiger partial charge in [0.2, 0.25) is 0 Å². The van der Waals surface area contributed by atoms with E-state index in [1.807, 2.05) is 0 Å². The number of carbonyl (C=O) groups is 1. The molecule has 140 valence electrons. The number of carbonyl (C=O) groups excluding carboxylic acids is 1. The van der Waals surface area contributed by atoms with Crippen LogP contribution < -0.4 is 9.47 Å². The van der Waals surface area contributed by atoms with Gasteiger partial charge in [-0.2, -0.15) is 0 Å². The van der Waals surface area contributed by atoms with Crippen LogP contribution in [0.5, 0.6) is 11.5 Å². The van der Waals surface area contributed by atoms with Gasteiger partial charge in [-0.3, -0.25) is 0 Å². The molecule has 4 nitrogen and oxygen atoms in total. The topological polar surface area (TPSA) is 44.8 Å². The van der Waals surface area contributed by atoms with Gasteiger partial charge >= 0.3 is 5.97 Å². The maximum atomic E-state index is 11.7. The monoisotopic (exact) mass is 476 g/mol. The van der Waals surface area contributed by atoms with Crippen molar-refractivity contribution < 1.29 is 19.0 Å². The predicted octanol–water partition coefficient (Wildman–Crippen LogP) is 6.61. The third-order valence-corrected chi connectivity index (χ3v) is 4.93. The zero-order valence-corrected chi connectivity index (χ0v) is 17.4. The van der Waals surface area contributed by atoms with Gasteiger partial charge < -0.3 is 14.2 Å². The summed E-state index contributed by atoms with van der Waals surface area (Å²) in [6.07, 6.45) is 0. The van der Waals surface area contributed by atoms with E-state index in [4.69, 9.17) is 83.8 Å². The van der Waals surface area contributed by atoms with Crippen molar-refractivity contribution in [2.75, 3.05) is 19.8 Å². The lowest BCUT2D eigenvalue weighted by Gasteiger charge is -2.11. The van der Waals surface area contributed by atoms with Crippen LogP contribution in [0.4, 0.5) is 0 Å². The van der Waals surface area contributed by atoms with Crippen molar-refractivity contribution >= 4 is 75.6 Å². The molecule has 0 fully saturated rings. The Morgan fingerprint density at radius 3 is 1.65 bits per heavy atom. The average Bonchev–Trinajstić information content (AvgIpc) is 2.58. The molecule has 2 rings (SSSR count). The van der Waals surface area contributed by atoms with E-state index in [1.165, 1.54) is 24.3 Å². The number of rotatable bonds is 7. The van der Waals surface area contributed by atoms with Gasteiger partial charge in [-0.15, -0.1) is 0 Å². The molecule has 0 atom stereocenters. The van der Waals surface area contributed by atoms with E-state index in [1.54, 1.807) is 0 Å². The van der Waals surface area contributed by atoms with E-state index >= 15 is 0 Å². The van der Waals surface area contributed by atoms with Gasteiger partial charge in [0, 0.05) is 12.1 Å². The molecule has 0 aliphatic heterocycles. The Hall–Kier alpha value is -0.750. The molecule has 0 aliphatic rings.